The molecule has 12 aromatic rings. The van der Waals surface area contributed by atoms with Crippen LogP contribution >= 0.6 is 0 Å². The highest BCUT2D eigenvalue weighted by Gasteiger charge is 2.24. The van der Waals surface area contributed by atoms with E-state index in [2.05, 4.69) is 124 Å². The normalized spacial score (nSPS) is 11.9. The van der Waals surface area contributed by atoms with Crippen molar-refractivity contribution in [1.29, 1.82) is 0 Å². The van der Waals surface area contributed by atoms with Gasteiger partial charge in [0.1, 0.15) is 5.58 Å². The average molecular weight is 730 g/mol. The summed E-state index contributed by atoms with van der Waals surface area (Å²) >= 11 is 0. The largest absolute Gasteiger partial charge is 0.454 e. The molecule has 0 aliphatic heterocycles. The Morgan fingerprint density at radius 1 is 0.368 bits per heavy atom. The summed E-state index contributed by atoms with van der Waals surface area (Å²) in [5, 5.41) is 6.72. The van der Waals surface area contributed by atoms with Crippen molar-refractivity contribution in [3.05, 3.63) is 188 Å². The van der Waals surface area contributed by atoms with Gasteiger partial charge in [0.25, 0.3) is 0 Å². The number of benzene rings is 8. The summed E-state index contributed by atoms with van der Waals surface area (Å²) in [7, 11) is 0. The van der Waals surface area contributed by atoms with Crippen molar-refractivity contribution in [2.75, 3.05) is 0 Å². The van der Waals surface area contributed by atoms with Crippen molar-refractivity contribution < 1.29 is 4.42 Å². The summed E-state index contributed by atoms with van der Waals surface area (Å²) in [6.45, 7) is 0. The van der Waals surface area contributed by atoms with Gasteiger partial charge in [-0.15, -0.1) is 0 Å². The minimum absolute atomic E-state index is 0.590. The van der Waals surface area contributed by atoms with E-state index >= 15 is 0 Å². The van der Waals surface area contributed by atoms with Crippen LogP contribution in [0.2, 0.25) is 0 Å². The molecule has 0 aliphatic rings. The van der Waals surface area contributed by atoms with E-state index in [9.17, 15) is 0 Å². The molecular weight excluding hydrogens is 699 g/mol. The molecule has 0 spiro atoms. The molecule has 6 heteroatoms. The Labute approximate surface area is 326 Å². The van der Waals surface area contributed by atoms with Crippen LogP contribution in [0.1, 0.15) is 0 Å². The number of fused-ring (bicyclic) bond motifs is 10. The predicted molar refractivity (Wildman–Crippen MR) is 232 cm³/mol. The van der Waals surface area contributed by atoms with Gasteiger partial charge < -0.3 is 13.6 Å². The highest BCUT2D eigenvalue weighted by molar-refractivity contribution is 6.24. The first-order valence-electron chi connectivity index (χ1n) is 19.1. The molecule has 0 saturated carbocycles. The summed E-state index contributed by atoms with van der Waals surface area (Å²) in [5.74, 6) is 1.83. The fraction of sp³-hybridized carbons (Fsp3) is 0. The Balaban J connectivity index is 1.17. The maximum atomic E-state index is 6.98. The Morgan fingerprint density at radius 3 is 1.53 bits per heavy atom. The van der Waals surface area contributed by atoms with Gasteiger partial charge in [-0.25, -0.2) is 15.0 Å². The second kappa shape index (κ2) is 12.3. The molecule has 0 atom stereocenters. The van der Waals surface area contributed by atoms with E-state index in [1.54, 1.807) is 0 Å². The van der Waals surface area contributed by atoms with Crippen LogP contribution in [0.25, 0.3) is 111 Å². The SMILES string of the molecule is c1ccc(-c2nc(-c3ccccc3)nc(-c3cccc4oc5c(-n6c7ccccc7c7ccc8c9ccccc9n(-c9ccccc9)c8c76)cccc5c34)n2)cc1. The molecule has 266 valence electrons. The van der Waals surface area contributed by atoms with Crippen LogP contribution in [-0.2, 0) is 0 Å². The average Bonchev–Trinajstić information content (AvgIpc) is 3.95. The van der Waals surface area contributed by atoms with Gasteiger partial charge in [0.15, 0.2) is 23.1 Å². The molecule has 0 aliphatic carbocycles. The number of furan rings is 1. The van der Waals surface area contributed by atoms with Crippen LogP contribution < -0.4 is 0 Å². The number of nitrogens with zero attached hydrogens (tertiary/aromatic N) is 5. The standard InChI is InChI=1S/C51H31N5O/c1-4-16-32(17-5-1)49-52-50(33-18-6-2-7-19-33)54-51(53-49)40-25-15-29-44-45(40)39-24-14-28-43(48(39)57-44)56-42-27-13-11-23-36(42)38-31-30-37-35-22-10-12-26-41(35)55(46(37)47(38)56)34-20-8-3-9-21-34/h1-31H. The molecule has 4 heterocycles. The summed E-state index contributed by atoms with van der Waals surface area (Å²) in [6, 6.07) is 65.4. The molecule has 0 saturated heterocycles. The molecule has 6 nitrogen and oxygen atoms in total. The summed E-state index contributed by atoms with van der Waals surface area (Å²) in [6.07, 6.45) is 0. The van der Waals surface area contributed by atoms with Gasteiger partial charge >= 0.3 is 0 Å². The van der Waals surface area contributed by atoms with Gasteiger partial charge in [-0.2, -0.15) is 0 Å². The fourth-order valence-electron chi connectivity index (χ4n) is 8.72. The van der Waals surface area contributed by atoms with Gasteiger partial charge in [0.2, 0.25) is 0 Å². The zero-order valence-electron chi connectivity index (χ0n) is 30.5. The lowest BCUT2D eigenvalue weighted by atomic mass is 10.0. The van der Waals surface area contributed by atoms with E-state index in [1.165, 1.54) is 21.5 Å². The second-order valence-electron chi connectivity index (χ2n) is 14.4. The van der Waals surface area contributed by atoms with E-state index in [4.69, 9.17) is 19.4 Å². The second-order valence-corrected chi connectivity index (χ2v) is 14.4. The number of rotatable bonds is 5. The maximum absolute atomic E-state index is 6.98. The van der Waals surface area contributed by atoms with Crippen molar-refractivity contribution in [1.82, 2.24) is 24.1 Å². The minimum Gasteiger partial charge on any atom is -0.454 e. The number of aromatic nitrogens is 5. The lowest BCUT2D eigenvalue weighted by Gasteiger charge is -2.13. The Morgan fingerprint density at radius 2 is 0.877 bits per heavy atom. The van der Waals surface area contributed by atoms with Crippen LogP contribution in [0, 0.1) is 0 Å². The fourth-order valence-corrected chi connectivity index (χ4v) is 8.72. The Kier molecular flexibility index (Phi) is 6.83. The van der Waals surface area contributed by atoms with E-state index in [0.29, 0.717) is 17.5 Å². The third kappa shape index (κ3) is 4.74. The third-order valence-corrected chi connectivity index (χ3v) is 11.2. The maximum Gasteiger partial charge on any atom is 0.164 e. The van der Waals surface area contributed by atoms with Gasteiger partial charge in [-0.3, -0.25) is 0 Å². The molecule has 57 heavy (non-hydrogen) atoms. The van der Waals surface area contributed by atoms with Gasteiger partial charge in [-0.05, 0) is 36.4 Å². The lowest BCUT2D eigenvalue weighted by Crippen LogP contribution is -2.00. The van der Waals surface area contributed by atoms with Gasteiger partial charge in [-0.1, -0.05) is 152 Å². The lowest BCUT2D eigenvalue weighted by molar-refractivity contribution is 0.666. The van der Waals surface area contributed by atoms with Crippen molar-refractivity contribution in [2.24, 2.45) is 0 Å². The highest BCUT2D eigenvalue weighted by atomic mass is 16.3. The summed E-state index contributed by atoms with van der Waals surface area (Å²) < 4.78 is 11.8. The molecule has 12 rings (SSSR count). The zero-order chi connectivity index (χ0) is 37.5. The number of hydrogen-bond acceptors (Lipinski definition) is 4. The Bertz CT molecular complexity index is 3450. The molecular formula is C51H31N5O. The molecule has 0 bridgehead atoms. The first-order chi connectivity index (χ1) is 28.3. The van der Waals surface area contributed by atoms with Crippen molar-refractivity contribution >= 4 is 65.6 Å². The molecule has 0 radical (unpaired) electrons. The van der Waals surface area contributed by atoms with Crippen LogP contribution in [-0.4, -0.2) is 24.1 Å². The smallest absolute Gasteiger partial charge is 0.164 e. The van der Waals surface area contributed by atoms with E-state index < -0.39 is 0 Å². The van der Waals surface area contributed by atoms with Crippen molar-refractivity contribution in [2.45, 2.75) is 0 Å². The number of para-hydroxylation sites is 4. The van der Waals surface area contributed by atoms with Crippen LogP contribution in [0.15, 0.2) is 192 Å². The zero-order valence-corrected chi connectivity index (χ0v) is 30.5. The third-order valence-electron chi connectivity index (χ3n) is 11.2. The monoisotopic (exact) mass is 729 g/mol. The quantitative estimate of drug-likeness (QED) is 0.177. The van der Waals surface area contributed by atoms with Crippen molar-refractivity contribution in [3.63, 3.8) is 0 Å². The number of hydrogen-bond donors (Lipinski definition) is 0. The first-order valence-corrected chi connectivity index (χ1v) is 19.1. The molecule has 4 aromatic heterocycles. The molecule has 8 aromatic carbocycles. The summed E-state index contributed by atoms with van der Waals surface area (Å²) in [5.41, 5.74) is 10.9. The summed E-state index contributed by atoms with van der Waals surface area (Å²) in [4.78, 5) is 15.2. The topological polar surface area (TPSA) is 61.7 Å². The van der Waals surface area contributed by atoms with Crippen LogP contribution in [0.4, 0.5) is 0 Å². The molecule has 0 N–H and O–H groups in total. The predicted octanol–water partition coefficient (Wildman–Crippen LogP) is 13.0. The Hall–Kier alpha value is -7.83. The van der Waals surface area contributed by atoms with Crippen LogP contribution in [0.3, 0.4) is 0 Å². The van der Waals surface area contributed by atoms with Crippen LogP contribution in [0.5, 0.6) is 0 Å². The molecule has 0 unspecified atom stereocenters. The van der Waals surface area contributed by atoms with E-state index in [0.717, 1.165) is 72.1 Å². The molecule has 0 fully saturated rings. The first kappa shape index (κ1) is 31.5. The minimum atomic E-state index is 0.590. The van der Waals surface area contributed by atoms with Gasteiger partial charge in [0, 0.05) is 54.7 Å². The van der Waals surface area contributed by atoms with E-state index in [1.807, 2.05) is 72.8 Å². The molecule has 0 amide bonds. The van der Waals surface area contributed by atoms with E-state index in [-0.39, 0.29) is 0 Å². The highest BCUT2D eigenvalue weighted by Crippen LogP contribution is 2.44. The van der Waals surface area contributed by atoms with Crippen molar-refractivity contribution in [3.8, 4) is 45.5 Å². The van der Waals surface area contributed by atoms with Gasteiger partial charge in [0.05, 0.1) is 27.8 Å².